The van der Waals surface area contributed by atoms with E-state index < -0.39 is 24.3 Å². The summed E-state index contributed by atoms with van der Waals surface area (Å²) >= 11 is 5.67. The number of benzene rings is 2. The predicted octanol–water partition coefficient (Wildman–Crippen LogP) is 4.80. The van der Waals surface area contributed by atoms with Gasteiger partial charge in [0.05, 0.1) is 5.02 Å². The molecule has 4 nitrogen and oxygen atoms in total. The van der Waals surface area contributed by atoms with Gasteiger partial charge in [0.15, 0.2) is 6.61 Å². The van der Waals surface area contributed by atoms with Crippen LogP contribution in [0.15, 0.2) is 48.5 Å². The van der Waals surface area contributed by atoms with E-state index in [1.807, 2.05) is 32.0 Å². The summed E-state index contributed by atoms with van der Waals surface area (Å²) in [4.78, 5) is 23.7. The molecule has 0 aliphatic carbocycles. The molecule has 6 heteroatoms. The number of halogens is 2. The number of carbonyl (C=O) groups excluding carboxylic acids is 2. The van der Waals surface area contributed by atoms with E-state index in [9.17, 15) is 14.0 Å². The fourth-order valence-corrected chi connectivity index (χ4v) is 2.45. The van der Waals surface area contributed by atoms with Crippen LogP contribution in [0.1, 0.15) is 30.9 Å². The molecule has 0 atom stereocenters. The molecule has 0 saturated heterocycles. The first-order valence-electron chi connectivity index (χ1n) is 8.05. The van der Waals surface area contributed by atoms with Crippen molar-refractivity contribution in [3.63, 3.8) is 0 Å². The summed E-state index contributed by atoms with van der Waals surface area (Å²) in [6.07, 6.45) is 2.58. The molecule has 136 valence electrons. The highest BCUT2D eigenvalue weighted by Gasteiger charge is 2.10. The largest absolute Gasteiger partial charge is 0.452 e. The molecule has 0 aliphatic heterocycles. The molecular weight excluding hydrogens is 357 g/mol. The Kier molecular flexibility index (Phi) is 6.92. The lowest BCUT2D eigenvalue weighted by molar-refractivity contribution is -0.142. The second-order valence-electron chi connectivity index (χ2n) is 5.90. The van der Waals surface area contributed by atoms with Crippen LogP contribution < -0.4 is 5.32 Å². The molecular formula is C20H19ClFNO3. The molecule has 1 N–H and O–H groups in total. The molecule has 0 spiro atoms. The summed E-state index contributed by atoms with van der Waals surface area (Å²) < 4.78 is 18.0. The highest BCUT2D eigenvalue weighted by molar-refractivity contribution is 6.30. The molecule has 0 radical (unpaired) electrons. The van der Waals surface area contributed by atoms with Crippen LogP contribution in [0.5, 0.6) is 0 Å². The van der Waals surface area contributed by atoms with E-state index in [4.69, 9.17) is 16.3 Å². The Labute approximate surface area is 156 Å². The van der Waals surface area contributed by atoms with Crippen LogP contribution in [0.3, 0.4) is 0 Å². The van der Waals surface area contributed by atoms with Crippen LogP contribution in [0.25, 0.3) is 6.08 Å². The molecule has 0 aromatic heterocycles. The number of hydrogen-bond acceptors (Lipinski definition) is 3. The van der Waals surface area contributed by atoms with Crippen LogP contribution in [-0.4, -0.2) is 18.5 Å². The first kappa shape index (κ1) is 19.7. The minimum absolute atomic E-state index is 0.0382. The number of esters is 1. The van der Waals surface area contributed by atoms with Gasteiger partial charge in [0.25, 0.3) is 5.91 Å². The molecule has 2 aromatic carbocycles. The number of nitrogens with one attached hydrogen (secondary N) is 1. The smallest absolute Gasteiger partial charge is 0.331 e. The van der Waals surface area contributed by atoms with Gasteiger partial charge >= 0.3 is 5.97 Å². The topological polar surface area (TPSA) is 55.4 Å². The lowest BCUT2D eigenvalue weighted by atomic mass is 10.0. The summed E-state index contributed by atoms with van der Waals surface area (Å²) in [5.74, 6) is -1.40. The quantitative estimate of drug-likeness (QED) is 0.583. The number of hydrogen-bond donors (Lipinski definition) is 1. The van der Waals surface area contributed by atoms with Gasteiger partial charge in [-0.25, -0.2) is 9.18 Å². The zero-order chi connectivity index (χ0) is 19.1. The molecule has 2 aromatic rings. The van der Waals surface area contributed by atoms with Crippen LogP contribution in [0, 0.1) is 5.82 Å². The molecule has 0 aliphatic rings. The van der Waals surface area contributed by atoms with Crippen molar-refractivity contribution in [2.24, 2.45) is 0 Å². The van der Waals surface area contributed by atoms with E-state index in [2.05, 4.69) is 5.32 Å². The highest BCUT2D eigenvalue weighted by Crippen LogP contribution is 2.23. The third kappa shape index (κ3) is 5.70. The number of rotatable bonds is 6. The monoisotopic (exact) mass is 375 g/mol. The van der Waals surface area contributed by atoms with E-state index in [0.717, 1.165) is 11.6 Å². The van der Waals surface area contributed by atoms with Gasteiger partial charge in [-0.1, -0.05) is 49.7 Å². The van der Waals surface area contributed by atoms with Gasteiger partial charge in [0.1, 0.15) is 5.82 Å². The Hall–Kier alpha value is -2.66. The predicted molar refractivity (Wildman–Crippen MR) is 101 cm³/mol. The van der Waals surface area contributed by atoms with E-state index >= 15 is 0 Å². The highest BCUT2D eigenvalue weighted by atomic mass is 35.5. The Balaban J connectivity index is 1.88. The summed E-state index contributed by atoms with van der Waals surface area (Å²) in [6, 6.07) is 11.5. The lowest BCUT2D eigenvalue weighted by Crippen LogP contribution is -2.21. The van der Waals surface area contributed by atoms with Crippen molar-refractivity contribution in [3.05, 3.63) is 70.5 Å². The standard InChI is InChI=1S/C20H19ClFNO3/c1-13(2)15-5-3-4-6-18(15)23-19(24)12-26-20(25)10-8-14-7-9-17(22)16(21)11-14/h3-11,13H,12H2,1-2H3,(H,23,24)/b10-8+. The minimum Gasteiger partial charge on any atom is -0.452 e. The van der Waals surface area contributed by atoms with Gasteiger partial charge < -0.3 is 10.1 Å². The zero-order valence-corrected chi connectivity index (χ0v) is 15.2. The average molecular weight is 376 g/mol. The van der Waals surface area contributed by atoms with Crippen LogP contribution in [0.2, 0.25) is 5.02 Å². The molecule has 26 heavy (non-hydrogen) atoms. The fourth-order valence-electron chi connectivity index (χ4n) is 2.27. The van der Waals surface area contributed by atoms with Crippen LogP contribution >= 0.6 is 11.6 Å². The van der Waals surface area contributed by atoms with Crippen molar-refractivity contribution in [3.8, 4) is 0 Å². The van der Waals surface area contributed by atoms with Crippen molar-refractivity contribution in [2.75, 3.05) is 11.9 Å². The number of anilines is 1. The SMILES string of the molecule is CC(C)c1ccccc1NC(=O)COC(=O)/C=C/c1ccc(F)c(Cl)c1. The molecule has 0 heterocycles. The first-order chi connectivity index (χ1) is 12.4. The average Bonchev–Trinajstić information content (AvgIpc) is 2.61. The number of para-hydroxylation sites is 1. The van der Waals surface area contributed by atoms with Crippen molar-refractivity contribution in [2.45, 2.75) is 19.8 Å². The molecule has 0 fully saturated rings. The normalized spacial score (nSPS) is 11.0. The maximum atomic E-state index is 13.1. The van der Waals surface area contributed by atoms with Crippen molar-refractivity contribution < 1.29 is 18.7 Å². The van der Waals surface area contributed by atoms with Gasteiger partial charge in [-0.3, -0.25) is 4.79 Å². The zero-order valence-electron chi connectivity index (χ0n) is 14.5. The number of amides is 1. The second kappa shape index (κ2) is 9.15. The number of carbonyl (C=O) groups is 2. The van der Waals surface area contributed by atoms with Crippen molar-refractivity contribution in [1.82, 2.24) is 0 Å². The van der Waals surface area contributed by atoms with E-state index in [0.29, 0.717) is 11.3 Å². The van der Waals surface area contributed by atoms with Gasteiger partial charge in [-0.05, 0) is 41.3 Å². The summed E-state index contributed by atoms with van der Waals surface area (Å²) in [5.41, 5.74) is 2.24. The van der Waals surface area contributed by atoms with E-state index in [1.54, 1.807) is 6.07 Å². The summed E-state index contributed by atoms with van der Waals surface area (Å²) in [6.45, 7) is 3.65. The Bertz CT molecular complexity index is 834. The van der Waals surface area contributed by atoms with Crippen molar-refractivity contribution >= 4 is 35.2 Å². The van der Waals surface area contributed by atoms with E-state index in [1.165, 1.54) is 24.3 Å². The van der Waals surface area contributed by atoms with E-state index in [-0.39, 0.29) is 10.9 Å². The Morgan fingerprint density at radius 3 is 2.65 bits per heavy atom. The number of ether oxygens (including phenoxy) is 1. The fraction of sp³-hybridized carbons (Fsp3) is 0.200. The third-order valence-electron chi connectivity index (χ3n) is 3.56. The van der Waals surface area contributed by atoms with Crippen LogP contribution in [-0.2, 0) is 14.3 Å². The van der Waals surface area contributed by atoms with Gasteiger partial charge in [0, 0.05) is 11.8 Å². The van der Waals surface area contributed by atoms with Gasteiger partial charge in [0.2, 0.25) is 0 Å². The molecule has 0 unspecified atom stereocenters. The van der Waals surface area contributed by atoms with Crippen LogP contribution in [0.4, 0.5) is 10.1 Å². The summed E-state index contributed by atoms with van der Waals surface area (Å²) in [5, 5.41) is 2.70. The second-order valence-corrected chi connectivity index (χ2v) is 6.31. The van der Waals surface area contributed by atoms with Gasteiger partial charge in [-0.15, -0.1) is 0 Å². The maximum Gasteiger partial charge on any atom is 0.331 e. The molecule has 0 saturated carbocycles. The Morgan fingerprint density at radius 1 is 1.23 bits per heavy atom. The molecule has 2 rings (SSSR count). The molecule has 1 amide bonds. The van der Waals surface area contributed by atoms with Gasteiger partial charge in [-0.2, -0.15) is 0 Å². The maximum absolute atomic E-state index is 13.1. The summed E-state index contributed by atoms with van der Waals surface area (Å²) in [7, 11) is 0. The Morgan fingerprint density at radius 2 is 1.96 bits per heavy atom. The molecule has 0 bridgehead atoms. The lowest BCUT2D eigenvalue weighted by Gasteiger charge is -2.13. The third-order valence-corrected chi connectivity index (χ3v) is 3.85. The first-order valence-corrected chi connectivity index (χ1v) is 8.43. The minimum atomic E-state index is -0.683. The van der Waals surface area contributed by atoms with Crippen molar-refractivity contribution in [1.29, 1.82) is 0 Å².